The predicted molar refractivity (Wildman–Crippen MR) is 62.4 cm³/mol. The number of halogens is 1. The maximum absolute atomic E-state index is 12.4. The second-order valence-corrected chi connectivity index (χ2v) is 2.75. The summed E-state index contributed by atoms with van der Waals surface area (Å²) >= 11 is 0. The Morgan fingerprint density at radius 2 is 1.36 bits per heavy atom. The molecule has 0 amide bonds. The molecule has 2 heteroatoms. The molecule has 0 rings (SSSR count). The summed E-state index contributed by atoms with van der Waals surface area (Å²) in [5, 5.41) is 0. The number of hydrogen-bond acceptors (Lipinski definition) is 1. The molecule has 0 aliphatic heterocycles. The quantitative estimate of drug-likeness (QED) is 0.603. The van der Waals surface area contributed by atoms with Crippen molar-refractivity contribution in [2.75, 3.05) is 0 Å². The average Bonchev–Trinajstić information content (AvgIpc) is 2.22. The van der Waals surface area contributed by atoms with E-state index >= 15 is 0 Å². The number of rotatable bonds is 5. The van der Waals surface area contributed by atoms with E-state index in [9.17, 15) is 9.18 Å². The number of carbonyl (C=O) groups is 1. The van der Waals surface area contributed by atoms with Crippen LogP contribution in [0.3, 0.4) is 0 Å². The summed E-state index contributed by atoms with van der Waals surface area (Å²) in [4.78, 5) is 9.17. The van der Waals surface area contributed by atoms with Crippen molar-refractivity contribution in [2.45, 2.75) is 72.9 Å². The van der Waals surface area contributed by atoms with Crippen LogP contribution in [0.15, 0.2) is 0 Å². The third-order valence-electron chi connectivity index (χ3n) is 1.37. The Balaban J connectivity index is -0.000000170. The van der Waals surface area contributed by atoms with Crippen molar-refractivity contribution in [3.8, 4) is 0 Å². The third-order valence-corrected chi connectivity index (χ3v) is 1.37. The lowest BCUT2D eigenvalue weighted by atomic mass is 10.1. The van der Waals surface area contributed by atoms with E-state index < -0.39 is 6.17 Å². The number of hydrogen-bond donors (Lipinski definition) is 0. The Morgan fingerprint density at radius 3 is 1.50 bits per heavy atom. The van der Waals surface area contributed by atoms with Crippen molar-refractivity contribution in [3.05, 3.63) is 0 Å². The highest BCUT2D eigenvalue weighted by Crippen LogP contribution is 2.07. The van der Waals surface area contributed by atoms with E-state index in [1.165, 1.54) is 0 Å². The van der Waals surface area contributed by atoms with Gasteiger partial charge in [0.2, 0.25) is 0 Å². The molecule has 0 atom stereocenters. The number of alkyl halides is 1. The zero-order valence-electron chi connectivity index (χ0n) is 10.5. The van der Waals surface area contributed by atoms with Gasteiger partial charge in [0.25, 0.3) is 0 Å². The zero-order chi connectivity index (χ0) is 11.8. The summed E-state index contributed by atoms with van der Waals surface area (Å²) in [7, 11) is 0. The average molecular weight is 206 g/mol. The van der Waals surface area contributed by atoms with Gasteiger partial charge >= 0.3 is 0 Å². The van der Waals surface area contributed by atoms with Gasteiger partial charge in [-0.15, -0.1) is 0 Å². The molecule has 0 aliphatic carbocycles. The molecular weight excluding hydrogens is 179 g/mol. The minimum Gasteiger partial charge on any atom is -0.303 e. The van der Waals surface area contributed by atoms with Gasteiger partial charge in [0.1, 0.15) is 12.5 Å². The highest BCUT2D eigenvalue weighted by atomic mass is 19.1. The SMILES string of the molecule is CC.CCC=O.CCCC(F)CCC. The molecule has 0 heterocycles. The Morgan fingerprint density at radius 1 is 1.07 bits per heavy atom. The van der Waals surface area contributed by atoms with Gasteiger partial charge in [-0.25, -0.2) is 4.39 Å². The van der Waals surface area contributed by atoms with Crippen molar-refractivity contribution in [2.24, 2.45) is 0 Å². The van der Waals surface area contributed by atoms with Gasteiger partial charge in [-0.2, -0.15) is 0 Å². The Bertz CT molecular complexity index is 78.4. The van der Waals surface area contributed by atoms with Gasteiger partial charge in [-0.05, 0) is 12.8 Å². The standard InChI is InChI=1S/C7H15F.C3H6O.C2H6/c1-3-5-7(8)6-4-2;1-2-3-4;1-2/h7H,3-6H2,1-2H3;3H,2H2,1H3;1-2H3. The lowest BCUT2D eigenvalue weighted by Crippen LogP contribution is -1.96. The van der Waals surface area contributed by atoms with Crippen LogP contribution in [0.4, 0.5) is 4.39 Å². The van der Waals surface area contributed by atoms with Crippen molar-refractivity contribution >= 4 is 6.29 Å². The summed E-state index contributed by atoms with van der Waals surface area (Å²) in [6, 6.07) is 0. The monoisotopic (exact) mass is 206 g/mol. The van der Waals surface area contributed by atoms with Crippen LogP contribution in [0.5, 0.6) is 0 Å². The maximum atomic E-state index is 12.4. The van der Waals surface area contributed by atoms with Gasteiger partial charge in [0.15, 0.2) is 0 Å². The molecule has 88 valence electrons. The van der Waals surface area contributed by atoms with Crippen LogP contribution in [0, 0.1) is 0 Å². The molecule has 0 bridgehead atoms. The fraction of sp³-hybridized carbons (Fsp3) is 0.917. The van der Waals surface area contributed by atoms with Crippen molar-refractivity contribution in [3.63, 3.8) is 0 Å². The van der Waals surface area contributed by atoms with Crippen LogP contribution in [0.25, 0.3) is 0 Å². The van der Waals surface area contributed by atoms with Crippen LogP contribution < -0.4 is 0 Å². The smallest absolute Gasteiger partial charge is 0.119 e. The highest BCUT2D eigenvalue weighted by molar-refractivity contribution is 5.48. The fourth-order valence-corrected chi connectivity index (χ4v) is 0.771. The van der Waals surface area contributed by atoms with E-state index in [1.807, 2.05) is 34.6 Å². The van der Waals surface area contributed by atoms with Gasteiger partial charge in [0, 0.05) is 6.42 Å². The fourth-order valence-electron chi connectivity index (χ4n) is 0.771. The van der Waals surface area contributed by atoms with E-state index in [-0.39, 0.29) is 0 Å². The molecule has 0 N–H and O–H groups in total. The first-order valence-electron chi connectivity index (χ1n) is 5.80. The molecule has 0 radical (unpaired) electrons. The van der Waals surface area contributed by atoms with Gasteiger partial charge in [-0.1, -0.05) is 47.5 Å². The molecule has 0 spiro atoms. The summed E-state index contributed by atoms with van der Waals surface area (Å²) in [6.07, 6.45) is 4.41. The summed E-state index contributed by atoms with van der Waals surface area (Å²) in [6.45, 7) is 9.84. The Labute approximate surface area is 89.1 Å². The highest BCUT2D eigenvalue weighted by Gasteiger charge is 2.00. The van der Waals surface area contributed by atoms with Crippen molar-refractivity contribution < 1.29 is 9.18 Å². The molecule has 0 fully saturated rings. The summed E-state index contributed by atoms with van der Waals surface area (Å²) < 4.78 is 12.4. The van der Waals surface area contributed by atoms with Crippen LogP contribution in [-0.2, 0) is 4.79 Å². The van der Waals surface area contributed by atoms with Crippen LogP contribution in [0.2, 0.25) is 0 Å². The Hall–Kier alpha value is -0.400. The van der Waals surface area contributed by atoms with E-state index in [2.05, 4.69) is 0 Å². The first-order chi connectivity index (χ1) is 6.72. The van der Waals surface area contributed by atoms with E-state index in [4.69, 9.17) is 0 Å². The summed E-state index contributed by atoms with van der Waals surface area (Å²) in [5.74, 6) is 0. The van der Waals surface area contributed by atoms with E-state index in [0.29, 0.717) is 6.42 Å². The molecular formula is C12H27FO. The molecule has 0 unspecified atom stereocenters. The molecule has 0 aromatic carbocycles. The molecule has 14 heavy (non-hydrogen) atoms. The van der Waals surface area contributed by atoms with Crippen molar-refractivity contribution in [1.29, 1.82) is 0 Å². The lowest BCUT2D eigenvalue weighted by Gasteiger charge is -2.01. The molecule has 0 aromatic heterocycles. The lowest BCUT2D eigenvalue weighted by molar-refractivity contribution is -0.107. The van der Waals surface area contributed by atoms with Gasteiger partial charge in [0.05, 0.1) is 0 Å². The van der Waals surface area contributed by atoms with Gasteiger partial charge in [-0.3, -0.25) is 0 Å². The van der Waals surface area contributed by atoms with Gasteiger partial charge < -0.3 is 4.79 Å². The predicted octanol–water partition coefficient (Wildman–Crippen LogP) is 4.55. The van der Waals surface area contributed by atoms with E-state index in [0.717, 1.165) is 32.0 Å². The molecule has 0 aliphatic rings. The van der Waals surface area contributed by atoms with Crippen LogP contribution in [-0.4, -0.2) is 12.5 Å². The Kier molecular flexibility index (Phi) is 31.5. The van der Waals surface area contributed by atoms with E-state index in [1.54, 1.807) is 0 Å². The molecule has 0 saturated heterocycles. The number of aldehydes is 1. The van der Waals surface area contributed by atoms with Crippen LogP contribution >= 0.6 is 0 Å². The minimum absolute atomic E-state index is 0.537. The second-order valence-electron chi connectivity index (χ2n) is 2.75. The largest absolute Gasteiger partial charge is 0.303 e. The maximum Gasteiger partial charge on any atom is 0.119 e. The second kappa shape index (κ2) is 22.9. The summed E-state index contributed by atoms with van der Waals surface area (Å²) in [5.41, 5.74) is 0. The first kappa shape index (κ1) is 19.2. The number of carbonyl (C=O) groups excluding carboxylic acids is 1. The first-order valence-corrected chi connectivity index (χ1v) is 5.80. The minimum atomic E-state index is -0.537. The molecule has 0 aromatic rings. The van der Waals surface area contributed by atoms with Crippen LogP contribution in [0.1, 0.15) is 66.7 Å². The molecule has 0 saturated carbocycles. The third kappa shape index (κ3) is 29.9. The molecule has 1 nitrogen and oxygen atoms in total. The zero-order valence-corrected chi connectivity index (χ0v) is 10.5. The van der Waals surface area contributed by atoms with Crippen molar-refractivity contribution in [1.82, 2.24) is 0 Å². The topological polar surface area (TPSA) is 17.1 Å². The normalized spacial score (nSPS) is 8.21.